The summed E-state index contributed by atoms with van der Waals surface area (Å²) in [5, 5.41) is 0. The van der Waals surface area contributed by atoms with Gasteiger partial charge in [-0.3, -0.25) is 0 Å². The molecule has 14 aromatic carbocycles. The Morgan fingerprint density at radius 2 is 0.286 bits per heavy atom. The van der Waals surface area contributed by atoms with Crippen molar-refractivity contribution in [3.05, 3.63) is 352 Å². The highest BCUT2D eigenvalue weighted by Gasteiger charge is 2.24. The first-order valence-electron chi connectivity index (χ1n) is 29.0. The van der Waals surface area contributed by atoms with Gasteiger partial charge in [0, 0.05) is 0 Å². The topological polar surface area (TPSA) is 0 Å². The zero-order chi connectivity index (χ0) is 56.0. The monoisotopic (exact) mass is 1070 g/mol. The highest BCUT2D eigenvalue weighted by atomic mass is 14.3. The molecule has 0 aliphatic rings. The van der Waals surface area contributed by atoms with Crippen molar-refractivity contribution in [2.24, 2.45) is 0 Å². The third-order valence-corrected chi connectivity index (χ3v) is 16.2. The molecule has 0 spiro atoms. The first-order valence-corrected chi connectivity index (χ1v) is 29.0. The van der Waals surface area contributed by atoms with Crippen molar-refractivity contribution in [3.63, 3.8) is 0 Å². The Balaban J connectivity index is 0.944. The molecule has 0 amide bonds. The largest absolute Gasteiger partial charge is 0.0622 e. The smallest absolute Gasteiger partial charge is 0.00141 e. The summed E-state index contributed by atoms with van der Waals surface area (Å²) in [6.45, 7) is 0. The van der Waals surface area contributed by atoms with E-state index in [-0.39, 0.29) is 0 Å². The van der Waals surface area contributed by atoms with E-state index in [9.17, 15) is 0 Å². The molecule has 0 bridgehead atoms. The predicted octanol–water partition coefficient (Wildman–Crippen LogP) is 23.4. The third kappa shape index (κ3) is 10.6. The maximum atomic E-state index is 2.42. The van der Waals surface area contributed by atoms with Crippen LogP contribution in [0.1, 0.15) is 0 Å². The van der Waals surface area contributed by atoms with Gasteiger partial charge in [-0.15, -0.1) is 0 Å². The van der Waals surface area contributed by atoms with Crippen molar-refractivity contribution < 1.29 is 0 Å². The van der Waals surface area contributed by atoms with Crippen molar-refractivity contribution in [2.45, 2.75) is 0 Å². The average Bonchev–Trinajstić information content (AvgIpc) is 2.77. The van der Waals surface area contributed by atoms with Crippen LogP contribution < -0.4 is 0 Å². The summed E-state index contributed by atoms with van der Waals surface area (Å²) in [6.07, 6.45) is 0. The van der Waals surface area contributed by atoms with Crippen LogP contribution in [-0.2, 0) is 0 Å². The van der Waals surface area contributed by atoms with E-state index >= 15 is 0 Å². The van der Waals surface area contributed by atoms with Gasteiger partial charge in [-0.05, 0) is 211 Å². The van der Waals surface area contributed by atoms with Gasteiger partial charge in [0.15, 0.2) is 0 Å². The first kappa shape index (κ1) is 51.2. The van der Waals surface area contributed by atoms with E-state index in [1.807, 2.05) is 0 Å². The standard InChI is InChI=1S/C84H58/c1-9-26-59(27-10-1)71-49-72(60-28-11-2-12-29-60)52-76(51-71)78-55-75(56-79(57-78)77-53-73(61-30-13-3-14-31-61)50-74(54-77)62-32-15-4-16-33-62)64-46-44-63(45-47-64)69-42-25-43-70(48-69)84-82(67-38-21-7-22-39-67)80(65-34-17-5-18-35-65)58-81(66-36-19-6-20-37-66)83(84)68-40-23-8-24-41-68/h1-58H. The summed E-state index contributed by atoms with van der Waals surface area (Å²) in [4.78, 5) is 0. The van der Waals surface area contributed by atoms with E-state index in [2.05, 4.69) is 352 Å². The Kier molecular flexibility index (Phi) is 14.2. The molecule has 0 radical (unpaired) electrons. The summed E-state index contributed by atoms with van der Waals surface area (Å²) in [7, 11) is 0. The van der Waals surface area contributed by atoms with Gasteiger partial charge in [0.2, 0.25) is 0 Å². The molecule has 0 fully saturated rings. The van der Waals surface area contributed by atoms with E-state index < -0.39 is 0 Å². The Morgan fingerprint density at radius 1 is 0.0952 bits per heavy atom. The van der Waals surface area contributed by atoms with E-state index in [1.165, 1.54) is 94.6 Å². The molecule has 0 atom stereocenters. The van der Waals surface area contributed by atoms with Crippen LogP contribution in [0.3, 0.4) is 0 Å². The maximum absolute atomic E-state index is 2.42. The molecular weight excluding hydrogens is 1010 g/mol. The molecule has 0 saturated carbocycles. The van der Waals surface area contributed by atoms with Crippen LogP contribution in [0.2, 0.25) is 0 Å². The minimum absolute atomic E-state index is 1.14. The molecule has 14 rings (SSSR count). The minimum atomic E-state index is 1.14. The Hall–Kier alpha value is -10.9. The maximum Gasteiger partial charge on any atom is -0.00141 e. The summed E-state index contributed by atoms with van der Waals surface area (Å²) < 4.78 is 0. The van der Waals surface area contributed by atoms with Crippen molar-refractivity contribution in [3.8, 4) is 145 Å². The van der Waals surface area contributed by atoms with Crippen LogP contribution in [0.5, 0.6) is 0 Å². The number of hydrogen-bond donors (Lipinski definition) is 0. The lowest BCUT2D eigenvalue weighted by atomic mass is 9.78. The lowest BCUT2D eigenvalue weighted by Crippen LogP contribution is -1.98. The molecule has 14 aromatic rings. The fourth-order valence-corrected chi connectivity index (χ4v) is 12.1. The number of hydrogen-bond acceptors (Lipinski definition) is 0. The van der Waals surface area contributed by atoms with Crippen LogP contribution in [0.25, 0.3) is 145 Å². The van der Waals surface area contributed by atoms with Crippen molar-refractivity contribution in [1.29, 1.82) is 0 Å². The van der Waals surface area contributed by atoms with E-state index in [4.69, 9.17) is 0 Å². The zero-order valence-electron chi connectivity index (χ0n) is 46.5. The van der Waals surface area contributed by atoms with Gasteiger partial charge in [-0.25, -0.2) is 0 Å². The van der Waals surface area contributed by atoms with Crippen LogP contribution >= 0.6 is 0 Å². The normalized spacial score (nSPS) is 11.1. The molecule has 394 valence electrons. The SMILES string of the molecule is c1ccc(-c2cc(-c3ccccc3)cc(-c3cc(-c4ccc(-c5cccc(-c6c(-c7ccccc7)c(-c7ccccc7)cc(-c7ccccc7)c6-c6ccccc6)c5)cc4)cc(-c4cc(-c5ccccc5)cc(-c5ccccc5)c4)c3)c2)cc1. The Bertz CT molecular complexity index is 4190. The summed E-state index contributed by atoms with van der Waals surface area (Å²) in [6, 6.07) is 129. The fourth-order valence-electron chi connectivity index (χ4n) is 12.1. The van der Waals surface area contributed by atoms with E-state index in [1.54, 1.807) is 0 Å². The van der Waals surface area contributed by atoms with Gasteiger partial charge in [0.25, 0.3) is 0 Å². The Labute approximate surface area is 493 Å². The van der Waals surface area contributed by atoms with Crippen molar-refractivity contribution in [1.82, 2.24) is 0 Å². The summed E-state index contributed by atoms with van der Waals surface area (Å²) in [5.41, 5.74) is 30.5. The van der Waals surface area contributed by atoms with Gasteiger partial charge in [-0.1, -0.05) is 285 Å². The molecule has 84 heavy (non-hydrogen) atoms. The Morgan fingerprint density at radius 3 is 0.571 bits per heavy atom. The number of benzene rings is 14. The second kappa shape index (κ2) is 23.3. The van der Waals surface area contributed by atoms with Crippen molar-refractivity contribution >= 4 is 0 Å². The molecule has 0 aliphatic carbocycles. The molecule has 0 saturated heterocycles. The van der Waals surface area contributed by atoms with Crippen molar-refractivity contribution in [2.75, 3.05) is 0 Å². The van der Waals surface area contributed by atoms with Crippen LogP contribution in [0, 0.1) is 0 Å². The lowest BCUT2D eigenvalue weighted by Gasteiger charge is -2.24. The molecular formula is C84H58. The van der Waals surface area contributed by atoms with Gasteiger partial charge in [0.05, 0.1) is 0 Å². The predicted molar refractivity (Wildman–Crippen MR) is 357 cm³/mol. The molecule has 0 unspecified atom stereocenters. The molecule has 0 N–H and O–H groups in total. The van der Waals surface area contributed by atoms with Gasteiger partial charge in [0.1, 0.15) is 0 Å². The fraction of sp³-hybridized carbons (Fsp3) is 0. The third-order valence-electron chi connectivity index (χ3n) is 16.2. The van der Waals surface area contributed by atoms with Crippen LogP contribution in [0.15, 0.2) is 352 Å². The van der Waals surface area contributed by atoms with Crippen LogP contribution in [-0.4, -0.2) is 0 Å². The second-order valence-corrected chi connectivity index (χ2v) is 21.6. The lowest BCUT2D eigenvalue weighted by molar-refractivity contribution is 1.52. The summed E-state index contributed by atoms with van der Waals surface area (Å²) >= 11 is 0. The van der Waals surface area contributed by atoms with Gasteiger partial charge < -0.3 is 0 Å². The van der Waals surface area contributed by atoms with Gasteiger partial charge in [-0.2, -0.15) is 0 Å². The highest BCUT2D eigenvalue weighted by Crippen LogP contribution is 2.51. The molecule has 0 aromatic heterocycles. The average molecular weight is 1070 g/mol. The second-order valence-electron chi connectivity index (χ2n) is 21.6. The molecule has 0 aliphatic heterocycles. The zero-order valence-corrected chi connectivity index (χ0v) is 46.5. The van der Waals surface area contributed by atoms with Crippen LogP contribution in [0.4, 0.5) is 0 Å². The highest BCUT2D eigenvalue weighted by molar-refractivity contribution is 6.08. The summed E-state index contributed by atoms with van der Waals surface area (Å²) in [5.74, 6) is 0. The van der Waals surface area contributed by atoms with E-state index in [0.29, 0.717) is 0 Å². The molecule has 0 heteroatoms. The molecule has 0 nitrogen and oxygen atoms in total. The first-order chi connectivity index (χ1) is 41.6. The number of rotatable bonds is 13. The molecule has 0 heterocycles. The van der Waals surface area contributed by atoms with E-state index in [0.717, 1.165) is 50.1 Å². The minimum Gasteiger partial charge on any atom is -0.0622 e. The van der Waals surface area contributed by atoms with Gasteiger partial charge >= 0.3 is 0 Å². The quantitative estimate of drug-likeness (QED) is 0.108.